The third-order valence-corrected chi connectivity index (χ3v) is 4.69. The van der Waals surface area contributed by atoms with Crippen molar-refractivity contribution in [3.05, 3.63) is 35.6 Å². The summed E-state index contributed by atoms with van der Waals surface area (Å²) >= 11 is 0. The highest BCUT2D eigenvalue weighted by atomic mass is 16.5. The molecule has 0 spiro atoms. The van der Waals surface area contributed by atoms with Gasteiger partial charge in [0.1, 0.15) is 5.69 Å². The van der Waals surface area contributed by atoms with Crippen LogP contribution in [-0.2, 0) is 9.53 Å². The lowest BCUT2D eigenvalue weighted by Crippen LogP contribution is -2.54. The molecule has 10 nitrogen and oxygen atoms in total. The van der Waals surface area contributed by atoms with Crippen molar-refractivity contribution in [3.63, 3.8) is 0 Å². The summed E-state index contributed by atoms with van der Waals surface area (Å²) in [6.45, 7) is 6.44. The molecule has 3 heterocycles. The van der Waals surface area contributed by atoms with E-state index in [1.807, 2.05) is 0 Å². The maximum atomic E-state index is 12.5. The van der Waals surface area contributed by atoms with Crippen LogP contribution in [0.4, 0.5) is 4.79 Å². The first-order valence-electron chi connectivity index (χ1n) is 9.25. The van der Waals surface area contributed by atoms with E-state index in [1.54, 1.807) is 18.7 Å². The van der Waals surface area contributed by atoms with E-state index in [4.69, 9.17) is 4.74 Å². The van der Waals surface area contributed by atoms with E-state index in [9.17, 15) is 14.4 Å². The van der Waals surface area contributed by atoms with E-state index < -0.39 is 12.0 Å². The first kappa shape index (κ1) is 19.7. The molecule has 28 heavy (non-hydrogen) atoms. The zero-order valence-electron chi connectivity index (χ0n) is 16.0. The number of urea groups is 1. The average molecular weight is 388 g/mol. The summed E-state index contributed by atoms with van der Waals surface area (Å²) in [5, 5.41) is 5.41. The van der Waals surface area contributed by atoms with Gasteiger partial charge < -0.3 is 20.3 Å². The smallest absolute Gasteiger partial charge is 0.337 e. The molecule has 1 aromatic heterocycles. The Kier molecular flexibility index (Phi) is 6.19. The van der Waals surface area contributed by atoms with Gasteiger partial charge in [-0.25, -0.2) is 14.6 Å². The predicted octanol–water partition coefficient (Wildman–Crippen LogP) is -0.247. The van der Waals surface area contributed by atoms with Crippen molar-refractivity contribution in [2.75, 3.05) is 39.3 Å². The summed E-state index contributed by atoms with van der Waals surface area (Å²) in [6, 6.07) is -0.769. The zero-order valence-corrected chi connectivity index (χ0v) is 16.0. The number of piperazine rings is 1. The number of esters is 1. The van der Waals surface area contributed by atoms with Gasteiger partial charge in [0.2, 0.25) is 0 Å². The minimum absolute atomic E-state index is 0.150. The largest absolute Gasteiger partial charge is 0.463 e. The number of ether oxygens (including phenoxy) is 1. The van der Waals surface area contributed by atoms with Crippen molar-refractivity contribution in [1.82, 2.24) is 30.4 Å². The molecule has 1 fully saturated rings. The Morgan fingerprint density at radius 3 is 2.64 bits per heavy atom. The summed E-state index contributed by atoms with van der Waals surface area (Å²) in [5.74, 6) is -0.586. The summed E-state index contributed by atoms with van der Waals surface area (Å²) in [4.78, 5) is 48.4. The molecule has 0 aromatic carbocycles. The zero-order chi connectivity index (χ0) is 20.1. The quantitative estimate of drug-likeness (QED) is 0.668. The SMILES string of the molecule is CCOC(=O)C1=C(CN2CCN(C(=O)c3cnccn3)CC2)NC(=O)NC1C. The van der Waals surface area contributed by atoms with E-state index in [1.165, 1.54) is 18.6 Å². The second-order valence-electron chi connectivity index (χ2n) is 6.59. The lowest BCUT2D eigenvalue weighted by atomic mass is 10.0. The Bertz CT molecular complexity index is 774. The predicted molar refractivity (Wildman–Crippen MR) is 99.2 cm³/mol. The van der Waals surface area contributed by atoms with Gasteiger partial charge in [0.25, 0.3) is 5.91 Å². The van der Waals surface area contributed by atoms with Crippen molar-refractivity contribution in [3.8, 4) is 0 Å². The van der Waals surface area contributed by atoms with Crippen LogP contribution < -0.4 is 10.6 Å². The van der Waals surface area contributed by atoms with Gasteiger partial charge in [-0.3, -0.25) is 14.7 Å². The molecule has 2 N–H and O–H groups in total. The van der Waals surface area contributed by atoms with Crippen molar-refractivity contribution in [2.45, 2.75) is 19.9 Å². The topological polar surface area (TPSA) is 117 Å². The highest BCUT2D eigenvalue weighted by Gasteiger charge is 2.31. The van der Waals surface area contributed by atoms with Gasteiger partial charge in [0.15, 0.2) is 0 Å². The molecule has 1 aromatic rings. The van der Waals surface area contributed by atoms with Gasteiger partial charge in [0.05, 0.1) is 24.4 Å². The molecule has 10 heteroatoms. The Morgan fingerprint density at radius 2 is 2.00 bits per heavy atom. The highest BCUT2D eigenvalue weighted by molar-refractivity contribution is 5.94. The van der Waals surface area contributed by atoms with Crippen LogP contribution in [0.2, 0.25) is 0 Å². The van der Waals surface area contributed by atoms with Crippen molar-refractivity contribution in [1.29, 1.82) is 0 Å². The van der Waals surface area contributed by atoms with E-state index in [2.05, 4.69) is 25.5 Å². The molecule has 0 bridgehead atoms. The second kappa shape index (κ2) is 8.79. The first-order chi connectivity index (χ1) is 13.5. The van der Waals surface area contributed by atoms with Crippen LogP contribution in [-0.4, -0.2) is 83.0 Å². The minimum atomic E-state index is -0.436. The monoisotopic (exact) mass is 388 g/mol. The third kappa shape index (κ3) is 4.45. The van der Waals surface area contributed by atoms with Crippen LogP contribution in [0.25, 0.3) is 0 Å². The van der Waals surface area contributed by atoms with Crippen LogP contribution in [0.3, 0.4) is 0 Å². The van der Waals surface area contributed by atoms with Crippen molar-refractivity contribution < 1.29 is 19.1 Å². The van der Waals surface area contributed by atoms with Gasteiger partial charge in [-0.2, -0.15) is 0 Å². The minimum Gasteiger partial charge on any atom is -0.463 e. The van der Waals surface area contributed by atoms with Crippen LogP contribution >= 0.6 is 0 Å². The maximum absolute atomic E-state index is 12.5. The molecule has 1 atom stereocenters. The van der Waals surface area contributed by atoms with Gasteiger partial charge in [-0.1, -0.05) is 0 Å². The van der Waals surface area contributed by atoms with E-state index in [0.717, 1.165) is 0 Å². The Labute approximate surface area is 162 Å². The number of rotatable bonds is 5. The molecule has 1 unspecified atom stereocenters. The Balaban J connectivity index is 1.65. The fourth-order valence-electron chi connectivity index (χ4n) is 3.31. The maximum Gasteiger partial charge on any atom is 0.337 e. The Morgan fingerprint density at radius 1 is 1.25 bits per heavy atom. The summed E-state index contributed by atoms with van der Waals surface area (Å²) < 4.78 is 5.13. The van der Waals surface area contributed by atoms with Crippen LogP contribution in [0, 0.1) is 0 Å². The molecule has 0 saturated carbocycles. The summed E-state index contributed by atoms with van der Waals surface area (Å²) in [7, 11) is 0. The number of hydrogen-bond donors (Lipinski definition) is 2. The highest BCUT2D eigenvalue weighted by Crippen LogP contribution is 2.16. The molecule has 2 aliphatic heterocycles. The molecular formula is C18H24N6O4. The first-order valence-corrected chi connectivity index (χ1v) is 9.25. The number of carbonyl (C=O) groups excluding carboxylic acids is 3. The van der Waals surface area contributed by atoms with E-state index in [-0.39, 0.29) is 18.5 Å². The molecule has 150 valence electrons. The third-order valence-electron chi connectivity index (χ3n) is 4.69. The van der Waals surface area contributed by atoms with Gasteiger partial charge in [0, 0.05) is 50.8 Å². The number of aromatic nitrogens is 2. The van der Waals surface area contributed by atoms with Crippen molar-refractivity contribution in [2.24, 2.45) is 0 Å². The number of carbonyl (C=O) groups is 3. The molecule has 0 radical (unpaired) electrons. The summed E-state index contributed by atoms with van der Waals surface area (Å²) in [6.07, 6.45) is 4.48. The molecule has 2 aliphatic rings. The van der Waals surface area contributed by atoms with E-state index >= 15 is 0 Å². The summed E-state index contributed by atoms with van der Waals surface area (Å²) in [5.41, 5.74) is 1.30. The van der Waals surface area contributed by atoms with Gasteiger partial charge in [-0.15, -0.1) is 0 Å². The number of amides is 3. The molecule has 3 rings (SSSR count). The normalized spacial score (nSPS) is 20.4. The van der Waals surface area contributed by atoms with Crippen LogP contribution in [0.5, 0.6) is 0 Å². The lowest BCUT2D eigenvalue weighted by molar-refractivity contribution is -0.139. The molecule has 0 aliphatic carbocycles. The number of nitrogens with one attached hydrogen (secondary N) is 2. The number of hydrogen-bond acceptors (Lipinski definition) is 7. The van der Waals surface area contributed by atoms with Crippen molar-refractivity contribution >= 4 is 17.9 Å². The lowest BCUT2D eigenvalue weighted by Gasteiger charge is -2.36. The average Bonchev–Trinajstić information content (AvgIpc) is 2.68. The standard InChI is InChI=1S/C18H24N6O4/c1-3-28-17(26)15-12(2)21-18(27)22-14(15)11-23-6-8-24(9-7-23)16(25)13-10-19-4-5-20-13/h4-5,10,12H,3,6-9,11H2,1-2H3,(H2,21,22,27). The van der Waals surface area contributed by atoms with Gasteiger partial charge >= 0.3 is 12.0 Å². The molecule has 3 amide bonds. The molecule has 1 saturated heterocycles. The molecular weight excluding hydrogens is 364 g/mol. The van der Waals surface area contributed by atoms with Gasteiger partial charge in [-0.05, 0) is 13.8 Å². The van der Waals surface area contributed by atoms with Crippen LogP contribution in [0.1, 0.15) is 24.3 Å². The fraction of sp³-hybridized carbons (Fsp3) is 0.500. The fourth-order valence-corrected chi connectivity index (χ4v) is 3.31. The Hall–Kier alpha value is -3.01. The number of nitrogens with zero attached hydrogens (tertiary/aromatic N) is 4. The second-order valence-corrected chi connectivity index (χ2v) is 6.59. The van der Waals surface area contributed by atoms with Crippen LogP contribution in [0.15, 0.2) is 29.9 Å². The van der Waals surface area contributed by atoms with E-state index in [0.29, 0.717) is 49.7 Å².